The lowest BCUT2D eigenvalue weighted by Crippen LogP contribution is -2.20. The topological polar surface area (TPSA) is 35.5 Å². The zero-order chi connectivity index (χ0) is 22.7. The first-order valence-electron chi connectivity index (χ1n) is 10.3. The molecule has 0 saturated heterocycles. The fourth-order valence-electron chi connectivity index (χ4n) is 3.54. The summed E-state index contributed by atoms with van der Waals surface area (Å²) in [5.41, 5.74) is 0.649. The molecule has 0 aliphatic rings. The zero-order valence-electron chi connectivity index (χ0n) is 17.7. The second-order valence-electron chi connectivity index (χ2n) is 7.84. The van der Waals surface area contributed by atoms with Crippen LogP contribution in [0.2, 0.25) is 5.02 Å². The highest BCUT2D eigenvalue weighted by molar-refractivity contribution is 7.11. The molecule has 0 radical (unpaired) electrons. The summed E-state index contributed by atoms with van der Waals surface area (Å²) < 4.78 is 25.5. The minimum Gasteiger partial charge on any atom is -0.460 e. The van der Waals surface area contributed by atoms with E-state index in [1.54, 1.807) is 24.3 Å². The summed E-state index contributed by atoms with van der Waals surface area (Å²) in [7, 11) is 0. The van der Waals surface area contributed by atoms with Gasteiger partial charge in [-0.3, -0.25) is 4.79 Å². The lowest BCUT2D eigenvalue weighted by atomic mass is 9.92. The van der Waals surface area contributed by atoms with Crippen molar-refractivity contribution in [2.75, 3.05) is 0 Å². The van der Waals surface area contributed by atoms with E-state index in [0.29, 0.717) is 16.3 Å². The Hall–Kier alpha value is -2.89. The lowest BCUT2D eigenvalue weighted by molar-refractivity contribution is -0.147. The number of rotatable bonds is 7. The van der Waals surface area contributed by atoms with Crippen LogP contribution in [0.5, 0.6) is 11.5 Å². The summed E-state index contributed by atoms with van der Waals surface area (Å²) in [6.07, 6.45) is 0. The SMILES string of the molecule is CC(C)C(C(=O)OCc1ccc(F)c(Oc2ccccc2)c1)c1scc2cc(Cl)ccc12. The number of hydrogen-bond acceptors (Lipinski definition) is 4. The predicted octanol–water partition coefficient (Wildman–Crippen LogP) is 7.97. The number of esters is 1. The third-order valence-corrected chi connectivity index (χ3v) is 6.48. The molecule has 1 aromatic heterocycles. The molecule has 1 atom stereocenters. The molecular formula is C26H22ClFO3S. The number of halogens is 2. The van der Waals surface area contributed by atoms with Crippen LogP contribution in [0, 0.1) is 11.7 Å². The van der Waals surface area contributed by atoms with Crippen molar-refractivity contribution in [3.63, 3.8) is 0 Å². The van der Waals surface area contributed by atoms with E-state index >= 15 is 0 Å². The summed E-state index contributed by atoms with van der Waals surface area (Å²) in [6.45, 7) is 4.02. The van der Waals surface area contributed by atoms with Gasteiger partial charge in [-0.15, -0.1) is 11.3 Å². The fraction of sp³-hybridized carbons (Fsp3) is 0.192. The Kier molecular flexibility index (Phi) is 6.77. The molecule has 0 aliphatic carbocycles. The number of benzene rings is 3. The Balaban J connectivity index is 1.51. The van der Waals surface area contributed by atoms with Crippen molar-refractivity contribution >= 4 is 39.7 Å². The fourth-order valence-corrected chi connectivity index (χ4v) is 5.00. The van der Waals surface area contributed by atoms with Crippen LogP contribution in [0.1, 0.15) is 30.2 Å². The van der Waals surface area contributed by atoms with E-state index in [0.717, 1.165) is 15.6 Å². The Labute approximate surface area is 195 Å². The van der Waals surface area contributed by atoms with E-state index in [-0.39, 0.29) is 24.2 Å². The second-order valence-corrected chi connectivity index (χ2v) is 9.19. The van der Waals surface area contributed by atoms with E-state index in [9.17, 15) is 9.18 Å². The molecule has 1 heterocycles. The largest absolute Gasteiger partial charge is 0.460 e. The van der Waals surface area contributed by atoms with Gasteiger partial charge in [-0.05, 0) is 64.0 Å². The highest BCUT2D eigenvalue weighted by Gasteiger charge is 2.29. The summed E-state index contributed by atoms with van der Waals surface area (Å²) >= 11 is 7.64. The molecule has 4 aromatic rings. The Morgan fingerprint density at radius 3 is 2.59 bits per heavy atom. The number of thiophene rings is 1. The van der Waals surface area contributed by atoms with Gasteiger partial charge in [-0.1, -0.05) is 55.8 Å². The average molecular weight is 469 g/mol. The van der Waals surface area contributed by atoms with Crippen LogP contribution >= 0.6 is 22.9 Å². The summed E-state index contributed by atoms with van der Waals surface area (Å²) in [5, 5.41) is 4.69. The summed E-state index contributed by atoms with van der Waals surface area (Å²) in [5.74, 6) is -0.526. The first-order valence-corrected chi connectivity index (χ1v) is 11.5. The zero-order valence-corrected chi connectivity index (χ0v) is 19.3. The monoisotopic (exact) mass is 468 g/mol. The van der Waals surface area contributed by atoms with Gasteiger partial charge in [0.2, 0.25) is 0 Å². The van der Waals surface area contributed by atoms with Crippen LogP contribution in [0.25, 0.3) is 10.8 Å². The van der Waals surface area contributed by atoms with Crippen molar-refractivity contribution in [3.8, 4) is 11.5 Å². The number of fused-ring (bicyclic) bond motifs is 1. The Morgan fingerprint density at radius 1 is 1.06 bits per heavy atom. The van der Waals surface area contributed by atoms with E-state index < -0.39 is 11.7 Å². The van der Waals surface area contributed by atoms with E-state index in [1.165, 1.54) is 17.4 Å². The molecule has 0 spiro atoms. The molecule has 0 amide bonds. The lowest BCUT2D eigenvalue weighted by Gasteiger charge is -2.19. The molecule has 32 heavy (non-hydrogen) atoms. The molecule has 0 aliphatic heterocycles. The van der Waals surface area contributed by atoms with Gasteiger partial charge >= 0.3 is 5.97 Å². The van der Waals surface area contributed by atoms with Gasteiger partial charge in [0.05, 0.1) is 5.92 Å². The Morgan fingerprint density at radius 2 is 1.84 bits per heavy atom. The predicted molar refractivity (Wildman–Crippen MR) is 127 cm³/mol. The summed E-state index contributed by atoms with van der Waals surface area (Å²) in [4.78, 5) is 14.0. The second kappa shape index (κ2) is 9.72. The molecule has 0 fully saturated rings. The molecule has 3 aromatic carbocycles. The van der Waals surface area contributed by atoms with E-state index in [4.69, 9.17) is 21.1 Å². The summed E-state index contributed by atoms with van der Waals surface area (Å²) in [6, 6.07) is 19.1. The van der Waals surface area contributed by atoms with Crippen molar-refractivity contribution in [1.82, 2.24) is 0 Å². The van der Waals surface area contributed by atoms with Crippen LogP contribution < -0.4 is 4.74 Å². The number of ether oxygens (including phenoxy) is 2. The smallest absolute Gasteiger partial charge is 0.314 e. The van der Waals surface area contributed by atoms with Gasteiger partial charge in [0.1, 0.15) is 12.4 Å². The molecule has 4 rings (SSSR count). The molecule has 6 heteroatoms. The first-order chi connectivity index (χ1) is 15.4. The third kappa shape index (κ3) is 4.95. The van der Waals surface area contributed by atoms with Crippen LogP contribution in [-0.4, -0.2) is 5.97 Å². The van der Waals surface area contributed by atoms with Crippen LogP contribution in [0.3, 0.4) is 0 Å². The van der Waals surface area contributed by atoms with E-state index in [2.05, 4.69) is 0 Å². The van der Waals surface area contributed by atoms with Crippen LogP contribution in [0.4, 0.5) is 4.39 Å². The number of carbonyl (C=O) groups excluding carboxylic acids is 1. The molecule has 0 saturated carbocycles. The van der Waals surface area contributed by atoms with Gasteiger partial charge in [0, 0.05) is 9.90 Å². The highest BCUT2D eigenvalue weighted by atomic mass is 35.5. The van der Waals surface area contributed by atoms with Crippen molar-refractivity contribution in [2.45, 2.75) is 26.4 Å². The van der Waals surface area contributed by atoms with Crippen LogP contribution in [-0.2, 0) is 16.1 Å². The minimum absolute atomic E-state index is 0.0304. The minimum atomic E-state index is -0.479. The maximum Gasteiger partial charge on any atom is 0.314 e. The van der Waals surface area contributed by atoms with Gasteiger partial charge in [-0.2, -0.15) is 0 Å². The van der Waals surface area contributed by atoms with Crippen molar-refractivity contribution in [3.05, 3.63) is 93.4 Å². The normalized spacial score (nSPS) is 12.2. The molecular weight excluding hydrogens is 447 g/mol. The van der Waals surface area contributed by atoms with Crippen molar-refractivity contribution in [2.24, 2.45) is 5.92 Å². The van der Waals surface area contributed by atoms with Crippen molar-refractivity contribution in [1.29, 1.82) is 0 Å². The van der Waals surface area contributed by atoms with Gasteiger partial charge in [0.15, 0.2) is 11.6 Å². The highest BCUT2D eigenvalue weighted by Crippen LogP contribution is 2.38. The average Bonchev–Trinajstić information content (AvgIpc) is 3.17. The maximum atomic E-state index is 14.2. The third-order valence-electron chi connectivity index (χ3n) is 5.14. The number of carbonyl (C=O) groups is 1. The number of para-hydroxylation sites is 1. The molecule has 0 bridgehead atoms. The van der Waals surface area contributed by atoms with E-state index in [1.807, 2.05) is 55.6 Å². The quantitative estimate of drug-likeness (QED) is 0.258. The van der Waals surface area contributed by atoms with Crippen molar-refractivity contribution < 1.29 is 18.7 Å². The standard InChI is InChI=1S/C26H22ClFO3S/c1-16(2)24(25-21-10-9-19(27)13-18(21)15-32-25)26(29)30-14-17-8-11-22(28)23(12-17)31-20-6-4-3-5-7-20/h3-13,15-16,24H,14H2,1-2H3. The first kappa shape index (κ1) is 22.3. The Bertz CT molecular complexity index is 1240. The molecule has 1 unspecified atom stereocenters. The van der Waals surface area contributed by atoms with Gasteiger partial charge < -0.3 is 9.47 Å². The molecule has 3 nitrogen and oxygen atoms in total. The molecule has 0 N–H and O–H groups in total. The number of hydrogen-bond donors (Lipinski definition) is 0. The van der Waals surface area contributed by atoms with Crippen LogP contribution in [0.15, 0.2) is 72.1 Å². The van der Waals surface area contributed by atoms with Gasteiger partial charge in [-0.25, -0.2) is 4.39 Å². The maximum absolute atomic E-state index is 14.2. The molecule has 164 valence electrons. The van der Waals surface area contributed by atoms with Gasteiger partial charge in [0.25, 0.3) is 0 Å².